The molecule has 26 heavy (non-hydrogen) atoms. The van der Waals surface area contributed by atoms with Gasteiger partial charge in [0.15, 0.2) is 0 Å². The highest BCUT2D eigenvalue weighted by Crippen LogP contribution is 2.12. The third-order valence-electron chi connectivity index (χ3n) is 4.22. The van der Waals surface area contributed by atoms with Gasteiger partial charge in [-0.3, -0.25) is 9.69 Å². The molecule has 0 spiro atoms. The number of nitrogens with one attached hydrogen (secondary N) is 1. The van der Waals surface area contributed by atoms with Crippen LogP contribution in [-0.4, -0.2) is 35.1 Å². The van der Waals surface area contributed by atoms with E-state index >= 15 is 0 Å². The molecule has 0 unspecified atom stereocenters. The molecule has 0 aliphatic rings. The Hall–Kier alpha value is -2.68. The van der Waals surface area contributed by atoms with Crippen LogP contribution in [-0.2, 0) is 17.9 Å². The normalized spacial score (nSPS) is 11.7. The number of hydrogen-bond donors (Lipinski definition) is 2. The van der Waals surface area contributed by atoms with Crippen molar-refractivity contribution >= 4 is 5.91 Å². The second kappa shape index (κ2) is 11.0. The van der Waals surface area contributed by atoms with Gasteiger partial charge >= 0.3 is 0 Å². The van der Waals surface area contributed by atoms with E-state index in [4.69, 9.17) is 5.26 Å². The zero-order valence-electron chi connectivity index (χ0n) is 14.8. The molecule has 0 aromatic heterocycles. The number of nitriles is 1. The topological polar surface area (TPSA) is 76.4 Å². The second-order valence-electron chi connectivity index (χ2n) is 6.17. The van der Waals surface area contributed by atoms with Gasteiger partial charge in [-0.25, -0.2) is 0 Å². The van der Waals surface area contributed by atoms with Gasteiger partial charge in [0.05, 0.1) is 12.7 Å². The van der Waals surface area contributed by atoms with Crippen molar-refractivity contribution in [3.63, 3.8) is 0 Å². The maximum atomic E-state index is 12.3. The van der Waals surface area contributed by atoms with Crippen LogP contribution in [0.2, 0.25) is 0 Å². The lowest BCUT2D eigenvalue weighted by molar-refractivity contribution is -0.123. The van der Waals surface area contributed by atoms with Gasteiger partial charge in [0.1, 0.15) is 0 Å². The molecule has 136 valence electrons. The number of aliphatic hydroxyl groups is 1. The van der Waals surface area contributed by atoms with Gasteiger partial charge in [0, 0.05) is 38.5 Å². The third kappa shape index (κ3) is 6.67. The SMILES string of the molecule is N#CCCN(Cc1ccccc1)[C@H](CO)CC(=O)NCc1ccccc1. The summed E-state index contributed by atoms with van der Waals surface area (Å²) >= 11 is 0. The molecule has 2 aromatic rings. The second-order valence-corrected chi connectivity index (χ2v) is 6.17. The van der Waals surface area contributed by atoms with Crippen LogP contribution >= 0.6 is 0 Å². The maximum Gasteiger partial charge on any atom is 0.221 e. The van der Waals surface area contributed by atoms with E-state index in [1.54, 1.807) is 0 Å². The summed E-state index contributed by atoms with van der Waals surface area (Å²) in [5, 5.41) is 21.6. The molecule has 0 radical (unpaired) electrons. The number of aliphatic hydroxyl groups excluding tert-OH is 1. The van der Waals surface area contributed by atoms with Crippen LogP contribution in [0.3, 0.4) is 0 Å². The summed E-state index contributed by atoms with van der Waals surface area (Å²) < 4.78 is 0. The van der Waals surface area contributed by atoms with Gasteiger partial charge in [0.25, 0.3) is 0 Å². The molecule has 2 N–H and O–H groups in total. The van der Waals surface area contributed by atoms with Crippen LogP contribution in [0.15, 0.2) is 60.7 Å². The van der Waals surface area contributed by atoms with Crippen molar-refractivity contribution in [1.82, 2.24) is 10.2 Å². The van der Waals surface area contributed by atoms with Crippen molar-refractivity contribution in [3.05, 3.63) is 71.8 Å². The summed E-state index contributed by atoms with van der Waals surface area (Å²) in [5.74, 6) is -0.108. The Labute approximate surface area is 154 Å². The minimum absolute atomic E-state index is 0.108. The van der Waals surface area contributed by atoms with Crippen LogP contribution in [0, 0.1) is 11.3 Å². The van der Waals surface area contributed by atoms with E-state index in [2.05, 4.69) is 11.4 Å². The summed E-state index contributed by atoms with van der Waals surface area (Å²) in [5.41, 5.74) is 2.13. The molecule has 0 bridgehead atoms. The van der Waals surface area contributed by atoms with Gasteiger partial charge in [-0.05, 0) is 11.1 Å². The molecular weight excluding hydrogens is 326 g/mol. The van der Waals surface area contributed by atoms with Gasteiger partial charge in [-0.2, -0.15) is 5.26 Å². The zero-order chi connectivity index (χ0) is 18.6. The monoisotopic (exact) mass is 351 g/mol. The van der Waals surface area contributed by atoms with Crippen molar-refractivity contribution in [2.75, 3.05) is 13.2 Å². The first kappa shape index (κ1) is 19.6. The Morgan fingerprint density at radius 3 is 2.27 bits per heavy atom. The summed E-state index contributed by atoms with van der Waals surface area (Å²) in [6.07, 6.45) is 0.552. The number of carbonyl (C=O) groups excluding carboxylic acids is 1. The van der Waals surface area contributed by atoms with Crippen molar-refractivity contribution < 1.29 is 9.90 Å². The standard InChI is InChI=1S/C21H25N3O2/c22-12-7-13-24(16-19-10-5-2-6-11-19)20(17-25)14-21(26)23-15-18-8-3-1-4-9-18/h1-6,8-11,20,25H,7,13-17H2,(H,23,26)/t20-/m0/s1. The lowest BCUT2D eigenvalue weighted by Crippen LogP contribution is -2.41. The summed E-state index contributed by atoms with van der Waals surface area (Å²) in [6.45, 7) is 1.45. The average Bonchev–Trinajstić information content (AvgIpc) is 2.69. The number of hydrogen-bond acceptors (Lipinski definition) is 4. The van der Waals surface area contributed by atoms with Gasteiger partial charge in [-0.15, -0.1) is 0 Å². The number of benzene rings is 2. The highest BCUT2D eigenvalue weighted by molar-refractivity contribution is 5.76. The molecule has 1 amide bonds. The van der Waals surface area contributed by atoms with Crippen LogP contribution in [0.25, 0.3) is 0 Å². The largest absolute Gasteiger partial charge is 0.395 e. The smallest absolute Gasteiger partial charge is 0.221 e. The highest BCUT2D eigenvalue weighted by atomic mass is 16.3. The third-order valence-corrected chi connectivity index (χ3v) is 4.22. The predicted molar refractivity (Wildman–Crippen MR) is 101 cm³/mol. The first-order valence-electron chi connectivity index (χ1n) is 8.79. The molecular formula is C21H25N3O2. The molecule has 1 atom stereocenters. The molecule has 0 saturated carbocycles. The summed E-state index contributed by atoms with van der Waals surface area (Å²) in [6, 6.07) is 21.4. The van der Waals surface area contributed by atoms with Gasteiger partial charge in [0.2, 0.25) is 5.91 Å². The Morgan fingerprint density at radius 2 is 1.69 bits per heavy atom. The number of nitrogens with zero attached hydrogens (tertiary/aromatic N) is 2. The average molecular weight is 351 g/mol. The summed E-state index contributed by atoms with van der Waals surface area (Å²) in [7, 11) is 0. The minimum Gasteiger partial charge on any atom is -0.395 e. The van der Waals surface area contributed by atoms with E-state index < -0.39 is 0 Å². The molecule has 2 rings (SSSR count). The van der Waals surface area contributed by atoms with E-state index in [0.29, 0.717) is 26.1 Å². The fourth-order valence-corrected chi connectivity index (χ4v) is 2.79. The molecule has 2 aromatic carbocycles. The first-order chi connectivity index (χ1) is 12.7. The Morgan fingerprint density at radius 1 is 1.08 bits per heavy atom. The Bertz CT molecular complexity index is 698. The molecule has 5 heteroatoms. The molecule has 0 saturated heterocycles. The van der Waals surface area contributed by atoms with Crippen LogP contribution < -0.4 is 5.32 Å². The van der Waals surface area contributed by atoms with E-state index in [1.807, 2.05) is 65.6 Å². The van der Waals surface area contributed by atoms with Gasteiger partial charge in [-0.1, -0.05) is 60.7 Å². The fraction of sp³-hybridized carbons (Fsp3) is 0.333. The van der Waals surface area contributed by atoms with E-state index in [0.717, 1.165) is 11.1 Å². The summed E-state index contributed by atoms with van der Waals surface area (Å²) in [4.78, 5) is 14.3. The Balaban J connectivity index is 1.94. The molecule has 0 fully saturated rings. The zero-order valence-corrected chi connectivity index (χ0v) is 14.8. The van der Waals surface area contributed by atoms with Crippen molar-refractivity contribution in [2.45, 2.75) is 32.0 Å². The van der Waals surface area contributed by atoms with Gasteiger partial charge < -0.3 is 10.4 Å². The molecule has 5 nitrogen and oxygen atoms in total. The maximum absolute atomic E-state index is 12.3. The minimum atomic E-state index is -0.320. The van der Waals surface area contributed by atoms with Crippen molar-refractivity contribution in [2.24, 2.45) is 0 Å². The lowest BCUT2D eigenvalue weighted by atomic mass is 10.1. The van der Waals surface area contributed by atoms with E-state index in [9.17, 15) is 9.90 Å². The van der Waals surface area contributed by atoms with Crippen molar-refractivity contribution in [3.8, 4) is 6.07 Å². The van der Waals surface area contributed by atoms with Crippen LogP contribution in [0.5, 0.6) is 0 Å². The van der Waals surface area contributed by atoms with E-state index in [-0.39, 0.29) is 25.0 Å². The number of carbonyl (C=O) groups is 1. The number of amides is 1. The van der Waals surface area contributed by atoms with Crippen molar-refractivity contribution in [1.29, 1.82) is 5.26 Å². The molecule has 0 aliphatic heterocycles. The predicted octanol–water partition coefficient (Wildman–Crippen LogP) is 2.47. The Kier molecular flexibility index (Phi) is 8.34. The van der Waals surface area contributed by atoms with Crippen LogP contribution in [0.4, 0.5) is 0 Å². The van der Waals surface area contributed by atoms with E-state index in [1.165, 1.54) is 0 Å². The molecule has 0 heterocycles. The lowest BCUT2D eigenvalue weighted by Gasteiger charge is -2.29. The molecule has 0 aliphatic carbocycles. The van der Waals surface area contributed by atoms with Crippen LogP contribution in [0.1, 0.15) is 24.0 Å². The quantitative estimate of drug-likeness (QED) is 0.689. The first-order valence-corrected chi connectivity index (χ1v) is 8.79. The highest BCUT2D eigenvalue weighted by Gasteiger charge is 2.21. The fourth-order valence-electron chi connectivity index (χ4n) is 2.79. The number of rotatable bonds is 10.